The summed E-state index contributed by atoms with van der Waals surface area (Å²) in [5.74, 6) is 1.68. The largest absolute Gasteiger partial charge is 0.381 e. The van der Waals surface area contributed by atoms with Crippen molar-refractivity contribution in [3.8, 4) is 0 Å². The lowest BCUT2D eigenvalue weighted by Crippen LogP contribution is -2.38. The fourth-order valence-corrected chi connectivity index (χ4v) is 2.73. The molecule has 0 amide bonds. The summed E-state index contributed by atoms with van der Waals surface area (Å²) < 4.78 is 0. The molecule has 100 valence electrons. The predicted molar refractivity (Wildman–Crippen MR) is 80.8 cm³/mol. The lowest BCUT2D eigenvalue weighted by molar-refractivity contribution is 0.212. The Balaban J connectivity index is 2.03. The molecule has 0 radical (unpaired) electrons. The van der Waals surface area contributed by atoms with Gasteiger partial charge in [0, 0.05) is 25.2 Å². The summed E-state index contributed by atoms with van der Waals surface area (Å²) in [6.45, 7) is 4.62. The summed E-state index contributed by atoms with van der Waals surface area (Å²) in [4.78, 5) is 2.12. The van der Waals surface area contributed by atoms with Gasteiger partial charge in [-0.25, -0.2) is 0 Å². The molecule has 1 N–H and O–H groups in total. The van der Waals surface area contributed by atoms with Gasteiger partial charge in [0.05, 0.1) is 11.4 Å². The summed E-state index contributed by atoms with van der Waals surface area (Å²) in [5, 5.41) is 4.42. The molecule has 0 aliphatic heterocycles. The van der Waals surface area contributed by atoms with Crippen LogP contribution in [0, 0.1) is 11.8 Å². The quantitative estimate of drug-likeness (QED) is 0.876. The Morgan fingerprint density at radius 1 is 1.28 bits per heavy atom. The Bertz CT molecular complexity index is 409. The Morgan fingerprint density at radius 2 is 1.94 bits per heavy atom. The van der Waals surface area contributed by atoms with E-state index in [9.17, 15) is 0 Å². The second-order valence-electron chi connectivity index (χ2n) is 5.87. The molecule has 0 atom stereocenters. The Hall–Kier alpha value is -0.890. The fraction of sp³-hybridized carbons (Fsp3) is 0.600. The van der Waals surface area contributed by atoms with Gasteiger partial charge in [-0.2, -0.15) is 0 Å². The van der Waals surface area contributed by atoms with Crippen LogP contribution in [0.15, 0.2) is 18.2 Å². The maximum absolute atomic E-state index is 6.09. The second kappa shape index (κ2) is 5.40. The van der Waals surface area contributed by atoms with Gasteiger partial charge in [-0.3, -0.25) is 0 Å². The van der Waals surface area contributed by atoms with Crippen molar-refractivity contribution in [1.29, 1.82) is 0 Å². The van der Waals surface area contributed by atoms with Gasteiger partial charge in [0.1, 0.15) is 0 Å². The van der Waals surface area contributed by atoms with Crippen LogP contribution in [0.5, 0.6) is 0 Å². The van der Waals surface area contributed by atoms with E-state index >= 15 is 0 Å². The third kappa shape index (κ3) is 2.92. The first-order chi connectivity index (χ1) is 8.47. The standard InChI is InChI=1S/C15H23ClN2/c1-10(2)11-7-13(8-11)17-14-9-12(16)5-6-15(14)18(3)4/h5-6,9-11,13,17H,7-8H2,1-4H3. The van der Waals surface area contributed by atoms with Crippen molar-refractivity contribution in [3.63, 3.8) is 0 Å². The Kier molecular flexibility index (Phi) is 4.06. The highest BCUT2D eigenvalue weighted by Crippen LogP contribution is 2.37. The van der Waals surface area contributed by atoms with E-state index in [2.05, 4.69) is 44.2 Å². The third-order valence-electron chi connectivity index (χ3n) is 3.92. The van der Waals surface area contributed by atoms with Crippen LogP contribution in [0.2, 0.25) is 5.02 Å². The van der Waals surface area contributed by atoms with E-state index in [1.165, 1.54) is 18.5 Å². The highest BCUT2D eigenvalue weighted by molar-refractivity contribution is 6.31. The van der Waals surface area contributed by atoms with Gasteiger partial charge in [0.25, 0.3) is 0 Å². The zero-order valence-corrected chi connectivity index (χ0v) is 12.5. The van der Waals surface area contributed by atoms with Crippen molar-refractivity contribution in [1.82, 2.24) is 0 Å². The number of halogens is 1. The van der Waals surface area contributed by atoms with Gasteiger partial charge in [-0.1, -0.05) is 25.4 Å². The molecule has 1 aliphatic carbocycles. The maximum Gasteiger partial charge on any atom is 0.0597 e. The van der Waals surface area contributed by atoms with E-state index in [1.54, 1.807) is 0 Å². The number of benzene rings is 1. The van der Waals surface area contributed by atoms with Gasteiger partial charge >= 0.3 is 0 Å². The monoisotopic (exact) mass is 266 g/mol. The van der Waals surface area contributed by atoms with Crippen molar-refractivity contribution in [3.05, 3.63) is 23.2 Å². The van der Waals surface area contributed by atoms with Crippen molar-refractivity contribution >= 4 is 23.0 Å². The molecule has 0 bridgehead atoms. The molecular formula is C15H23ClN2. The molecule has 1 aliphatic rings. The summed E-state index contributed by atoms with van der Waals surface area (Å²) in [6.07, 6.45) is 2.55. The molecule has 1 aromatic carbocycles. The summed E-state index contributed by atoms with van der Waals surface area (Å²) in [5.41, 5.74) is 2.35. The van der Waals surface area contributed by atoms with Crippen LogP contribution >= 0.6 is 11.6 Å². The first kappa shape index (κ1) is 13.5. The van der Waals surface area contributed by atoms with Crippen molar-refractivity contribution in [2.45, 2.75) is 32.7 Å². The van der Waals surface area contributed by atoms with Gasteiger partial charge < -0.3 is 10.2 Å². The normalized spacial score (nSPS) is 22.8. The van der Waals surface area contributed by atoms with Crippen LogP contribution < -0.4 is 10.2 Å². The van der Waals surface area contributed by atoms with Gasteiger partial charge in [-0.15, -0.1) is 0 Å². The van der Waals surface area contributed by atoms with Crippen LogP contribution in [0.3, 0.4) is 0 Å². The molecular weight excluding hydrogens is 244 g/mol. The van der Waals surface area contributed by atoms with E-state index in [0.29, 0.717) is 6.04 Å². The lowest BCUT2D eigenvalue weighted by Gasteiger charge is -2.39. The first-order valence-corrected chi connectivity index (χ1v) is 7.08. The number of nitrogens with one attached hydrogen (secondary N) is 1. The minimum atomic E-state index is 0.606. The zero-order valence-electron chi connectivity index (χ0n) is 11.7. The average Bonchev–Trinajstić information content (AvgIpc) is 2.21. The Morgan fingerprint density at radius 3 is 2.50 bits per heavy atom. The zero-order chi connectivity index (χ0) is 13.3. The highest BCUT2D eigenvalue weighted by Gasteiger charge is 2.31. The lowest BCUT2D eigenvalue weighted by atomic mass is 9.73. The molecule has 0 unspecified atom stereocenters. The van der Waals surface area contributed by atoms with Crippen molar-refractivity contribution in [2.24, 2.45) is 11.8 Å². The SMILES string of the molecule is CC(C)C1CC(Nc2cc(Cl)ccc2N(C)C)C1. The van der Waals surface area contributed by atoms with Gasteiger partial charge in [-0.05, 0) is 42.9 Å². The molecule has 2 nitrogen and oxygen atoms in total. The highest BCUT2D eigenvalue weighted by atomic mass is 35.5. The number of rotatable bonds is 4. The van der Waals surface area contributed by atoms with E-state index in [0.717, 1.165) is 22.5 Å². The molecule has 1 aromatic rings. The molecule has 0 saturated heterocycles. The molecule has 0 spiro atoms. The number of hydrogen-bond donors (Lipinski definition) is 1. The van der Waals surface area contributed by atoms with Crippen LogP contribution in [-0.2, 0) is 0 Å². The summed E-state index contributed by atoms with van der Waals surface area (Å²) >= 11 is 6.09. The third-order valence-corrected chi connectivity index (χ3v) is 4.15. The van der Waals surface area contributed by atoms with E-state index in [1.807, 2.05) is 12.1 Å². The van der Waals surface area contributed by atoms with E-state index in [4.69, 9.17) is 11.6 Å². The van der Waals surface area contributed by atoms with Crippen LogP contribution in [0.4, 0.5) is 11.4 Å². The topological polar surface area (TPSA) is 15.3 Å². The Labute approximate surface area is 115 Å². The van der Waals surface area contributed by atoms with Crippen molar-refractivity contribution < 1.29 is 0 Å². The minimum Gasteiger partial charge on any atom is -0.381 e. The molecule has 1 saturated carbocycles. The summed E-state index contributed by atoms with van der Waals surface area (Å²) in [6, 6.07) is 6.65. The predicted octanol–water partition coefficient (Wildman–Crippen LogP) is 4.25. The molecule has 0 heterocycles. The average molecular weight is 267 g/mol. The summed E-state index contributed by atoms with van der Waals surface area (Å²) in [7, 11) is 4.12. The van der Waals surface area contributed by atoms with Gasteiger partial charge in [0.2, 0.25) is 0 Å². The molecule has 2 rings (SSSR count). The van der Waals surface area contributed by atoms with Crippen LogP contribution in [-0.4, -0.2) is 20.1 Å². The number of anilines is 2. The molecule has 18 heavy (non-hydrogen) atoms. The van der Waals surface area contributed by atoms with E-state index in [-0.39, 0.29) is 0 Å². The van der Waals surface area contributed by atoms with Crippen LogP contribution in [0.1, 0.15) is 26.7 Å². The minimum absolute atomic E-state index is 0.606. The first-order valence-electron chi connectivity index (χ1n) is 6.70. The number of hydrogen-bond acceptors (Lipinski definition) is 2. The van der Waals surface area contributed by atoms with Crippen molar-refractivity contribution in [2.75, 3.05) is 24.3 Å². The van der Waals surface area contributed by atoms with E-state index < -0.39 is 0 Å². The molecule has 3 heteroatoms. The second-order valence-corrected chi connectivity index (χ2v) is 6.31. The maximum atomic E-state index is 6.09. The fourth-order valence-electron chi connectivity index (χ4n) is 2.56. The number of nitrogens with zero attached hydrogens (tertiary/aromatic N) is 1. The smallest absolute Gasteiger partial charge is 0.0597 e. The van der Waals surface area contributed by atoms with Crippen LogP contribution in [0.25, 0.3) is 0 Å². The molecule has 1 fully saturated rings. The molecule has 0 aromatic heterocycles. The van der Waals surface area contributed by atoms with Gasteiger partial charge in [0.15, 0.2) is 0 Å².